The van der Waals surface area contributed by atoms with Crippen LogP contribution in [-0.2, 0) is 16.4 Å². The third-order valence-corrected chi connectivity index (χ3v) is 7.22. The highest BCUT2D eigenvalue weighted by molar-refractivity contribution is 7.92. The first-order valence-electron chi connectivity index (χ1n) is 9.65. The maximum atomic E-state index is 12.1. The number of nitrogens with two attached hydrogens (primary N) is 1. The van der Waals surface area contributed by atoms with Crippen molar-refractivity contribution in [3.8, 4) is 33.3 Å². The van der Waals surface area contributed by atoms with Gasteiger partial charge in [-0.1, -0.05) is 23.3 Å². The summed E-state index contributed by atoms with van der Waals surface area (Å²) in [6.07, 6.45) is 2.90. The van der Waals surface area contributed by atoms with Gasteiger partial charge in [-0.2, -0.15) is 0 Å². The smallest absolute Gasteiger partial charge is 0.313 e. The van der Waals surface area contributed by atoms with Crippen LogP contribution >= 0.6 is 11.3 Å². The topological polar surface area (TPSA) is 115 Å². The summed E-state index contributed by atoms with van der Waals surface area (Å²) in [4.78, 5) is 4.80. The molecule has 2 aromatic carbocycles. The maximum Gasteiger partial charge on any atom is 0.313 e. The van der Waals surface area contributed by atoms with E-state index < -0.39 is 10.0 Å². The van der Waals surface area contributed by atoms with Crippen molar-refractivity contribution < 1.29 is 12.8 Å². The molecule has 8 nitrogen and oxygen atoms in total. The fraction of sp³-hybridized carbons (Fsp3) is 0.190. The van der Waals surface area contributed by atoms with Gasteiger partial charge >= 0.3 is 6.01 Å². The van der Waals surface area contributed by atoms with Crippen LogP contribution in [0.25, 0.3) is 33.3 Å². The summed E-state index contributed by atoms with van der Waals surface area (Å²) in [5.74, 6) is 0.362. The molecule has 5 rings (SSSR count). The number of rotatable bonds is 4. The molecule has 2 aromatic heterocycles. The highest BCUT2D eigenvalue weighted by Gasteiger charge is 2.24. The first-order valence-corrected chi connectivity index (χ1v) is 12.4. The van der Waals surface area contributed by atoms with Gasteiger partial charge in [0.05, 0.1) is 17.6 Å². The van der Waals surface area contributed by atoms with Crippen molar-refractivity contribution in [1.82, 2.24) is 15.2 Å². The van der Waals surface area contributed by atoms with Gasteiger partial charge in [0, 0.05) is 28.6 Å². The summed E-state index contributed by atoms with van der Waals surface area (Å²) < 4.78 is 31.0. The highest BCUT2D eigenvalue weighted by Crippen LogP contribution is 2.35. The molecule has 0 atom stereocenters. The van der Waals surface area contributed by atoms with Gasteiger partial charge in [-0.25, -0.2) is 13.4 Å². The number of hydrogen-bond acceptors (Lipinski definition) is 8. The third kappa shape index (κ3) is 3.79. The molecule has 0 radical (unpaired) electrons. The number of anilines is 2. The van der Waals surface area contributed by atoms with Crippen molar-refractivity contribution in [3.63, 3.8) is 0 Å². The van der Waals surface area contributed by atoms with Crippen molar-refractivity contribution in [2.45, 2.75) is 12.8 Å². The summed E-state index contributed by atoms with van der Waals surface area (Å²) in [7, 11) is -3.28. The van der Waals surface area contributed by atoms with Crippen molar-refractivity contribution in [2.24, 2.45) is 0 Å². The Labute approximate surface area is 183 Å². The van der Waals surface area contributed by atoms with Crippen molar-refractivity contribution >= 4 is 33.1 Å². The molecule has 158 valence electrons. The molecule has 1 aliphatic rings. The van der Waals surface area contributed by atoms with Crippen molar-refractivity contribution in [1.29, 1.82) is 0 Å². The summed E-state index contributed by atoms with van der Waals surface area (Å²) in [6.45, 7) is 0.522. The van der Waals surface area contributed by atoms with E-state index in [0.29, 0.717) is 12.4 Å². The number of aryl methyl sites for hydroxylation is 1. The average Bonchev–Trinajstić information content (AvgIpc) is 3.42. The third-order valence-electron chi connectivity index (χ3n) is 5.15. The minimum absolute atomic E-state index is 0.0267. The Balaban J connectivity index is 1.47. The fourth-order valence-electron chi connectivity index (χ4n) is 3.74. The lowest BCUT2D eigenvalue weighted by atomic mass is 10.00. The molecule has 0 bridgehead atoms. The Morgan fingerprint density at radius 3 is 2.71 bits per heavy atom. The second-order valence-electron chi connectivity index (χ2n) is 7.35. The predicted molar refractivity (Wildman–Crippen MR) is 121 cm³/mol. The van der Waals surface area contributed by atoms with Crippen LogP contribution in [0.5, 0.6) is 0 Å². The second-order valence-corrected chi connectivity index (χ2v) is 10.1. The zero-order valence-corrected chi connectivity index (χ0v) is 18.3. The van der Waals surface area contributed by atoms with Gasteiger partial charge in [-0.15, -0.1) is 16.4 Å². The van der Waals surface area contributed by atoms with Crippen LogP contribution in [-0.4, -0.2) is 36.4 Å². The van der Waals surface area contributed by atoms with E-state index in [2.05, 4.69) is 10.2 Å². The Morgan fingerprint density at radius 1 is 1.10 bits per heavy atom. The van der Waals surface area contributed by atoms with E-state index in [1.165, 1.54) is 10.6 Å². The average molecular weight is 454 g/mol. The Bertz CT molecular complexity index is 1380. The number of nitrogen functional groups attached to an aromatic ring is 1. The monoisotopic (exact) mass is 453 g/mol. The van der Waals surface area contributed by atoms with Crippen LogP contribution in [0.2, 0.25) is 0 Å². The first kappa shape index (κ1) is 19.7. The van der Waals surface area contributed by atoms with E-state index in [0.717, 1.165) is 51.5 Å². The van der Waals surface area contributed by atoms with Gasteiger partial charge in [-0.05, 0) is 42.7 Å². The molecule has 0 saturated heterocycles. The van der Waals surface area contributed by atoms with Crippen LogP contribution in [0.15, 0.2) is 52.3 Å². The zero-order valence-electron chi connectivity index (χ0n) is 16.6. The van der Waals surface area contributed by atoms with Gasteiger partial charge in [0.1, 0.15) is 5.01 Å². The molecule has 3 heterocycles. The normalized spacial score (nSPS) is 13.9. The standard InChI is InChI=1S/C21H19N5O3S2/c1-31(27,28)26-9-3-6-14-10-13(7-8-18(14)26)17-12-30-20(23-17)16-5-2-4-15(11-16)19-24-25-21(22)29-19/h2,4-5,7-8,10-12H,3,6,9H2,1H3,(H2,22,25). The SMILES string of the molecule is CS(=O)(=O)N1CCCc2cc(-c3csc(-c4cccc(-c5nnc(N)o5)c4)n3)ccc21. The number of benzene rings is 2. The summed E-state index contributed by atoms with van der Waals surface area (Å²) >= 11 is 1.54. The molecule has 2 N–H and O–H groups in total. The van der Waals surface area contributed by atoms with Crippen LogP contribution in [0.4, 0.5) is 11.7 Å². The molecule has 10 heteroatoms. The molecule has 0 aliphatic carbocycles. The van der Waals surface area contributed by atoms with Gasteiger partial charge in [0.25, 0.3) is 0 Å². The first-order chi connectivity index (χ1) is 14.9. The molecule has 31 heavy (non-hydrogen) atoms. The quantitative estimate of drug-likeness (QED) is 0.499. The lowest BCUT2D eigenvalue weighted by Crippen LogP contribution is -2.34. The van der Waals surface area contributed by atoms with Gasteiger partial charge in [0.2, 0.25) is 15.9 Å². The molecular weight excluding hydrogens is 434 g/mol. The number of nitrogens with zero attached hydrogens (tertiary/aromatic N) is 4. The number of sulfonamides is 1. The number of fused-ring (bicyclic) bond motifs is 1. The van der Waals surface area contributed by atoms with Crippen LogP contribution in [0.1, 0.15) is 12.0 Å². The van der Waals surface area contributed by atoms with Gasteiger partial charge < -0.3 is 10.2 Å². The van der Waals surface area contributed by atoms with E-state index in [1.807, 2.05) is 47.8 Å². The maximum absolute atomic E-state index is 12.1. The Hall–Kier alpha value is -3.24. The predicted octanol–water partition coefficient (Wildman–Crippen LogP) is 3.82. The van der Waals surface area contributed by atoms with E-state index in [9.17, 15) is 8.42 Å². The second kappa shape index (κ2) is 7.47. The number of aromatic nitrogens is 3. The lowest BCUT2D eigenvalue weighted by Gasteiger charge is -2.29. The molecule has 0 unspecified atom stereocenters. The highest BCUT2D eigenvalue weighted by atomic mass is 32.2. The van der Waals surface area contributed by atoms with Gasteiger partial charge in [-0.3, -0.25) is 4.31 Å². The van der Waals surface area contributed by atoms with Crippen LogP contribution < -0.4 is 10.0 Å². The molecule has 0 saturated carbocycles. The number of thiazole rings is 1. The van der Waals surface area contributed by atoms with Crippen molar-refractivity contribution in [3.05, 3.63) is 53.4 Å². The van der Waals surface area contributed by atoms with Gasteiger partial charge in [0.15, 0.2) is 0 Å². The number of hydrogen-bond donors (Lipinski definition) is 1. The minimum Gasteiger partial charge on any atom is -0.404 e. The zero-order chi connectivity index (χ0) is 21.6. The Kier molecular flexibility index (Phi) is 4.75. The summed E-state index contributed by atoms with van der Waals surface area (Å²) in [5.41, 5.74) is 10.8. The van der Waals surface area contributed by atoms with Crippen LogP contribution in [0.3, 0.4) is 0 Å². The molecular formula is C21H19N5O3S2. The molecule has 0 amide bonds. The molecule has 0 spiro atoms. The van der Waals surface area contributed by atoms with Crippen molar-refractivity contribution in [2.75, 3.05) is 22.8 Å². The van der Waals surface area contributed by atoms with E-state index in [4.69, 9.17) is 15.1 Å². The summed E-state index contributed by atoms with van der Waals surface area (Å²) in [5, 5.41) is 10.5. The molecule has 1 aliphatic heterocycles. The Morgan fingerprint density at radius 2 is 1.94 bits per heavy atom. The summed E-state index contributed by atoms with van der Waals surface area (Å²) in [6, 6.07) is 13.6. The largest absolute Gasteiger partial charge is 0.404 e. The van der Waals surface area contributed by atoms with E-state index >= 15 is 0 Å². The molecule has 4 aromatic rings. The lowest BCUT2D eigenvalue weighted by molar-refractivity contribution is 0.590. The minimum atomic E-state index is -3.28. The van der Waals surface area contributed by atoms with E-state index in [-0.39, 0.29) is 6.01 Å². The molecule has 0 fully saturated rings. The fourth-order valence-corrected chi connectivity index (χ4v) is 5.56. The van der Waals surface area contributed by atoms with Crippen LogP contribution in [0, 0.1) is 0 Å². The van der Waals surface area contributed by atoms with E-state index in [1.54, 1.807) is 11.3 Å².